The van der Waals surface area contributed by atoms with Crippen LogP contribution in [0.3, 0.4) is 0 Å². The number of carbonyl (C=O) groups is 1. The van der Waals surface area contributed by atoms with Gasteiger partial charge in [0.15, 0.2) is 4.77 Å². The Hall–Kier alpha value is -1.99. The molecule has 0 aliphatic heterocycles. The molecule has 146 valence electrons. The summed E-state index contributed by atoms with van der Waals surface area (Å²) in [5.41, 5.74) is 0.999. The highest BCUT2D eigenvalue weighted by Gasteiger charge is 2.20. The van der Waals surface area contributed by atoms with E-state index < -0.39 is 0 Å². The number of aromatic nitrogens is 2. The molecule has 1 aliphatic carbocycles. The largest absolute Gasteiger partial charge is 0.385 e. The molecule has 1 fully saturated rings. The van der Waals surface area contributed by atoms with Crippen molar-refractivity contribution in [1.82, 2.24) is 14.9 Å². The number of amides is 1. The Labute approximate surface area is 163 Å². The number of carbonyl (C=O) groups excluding carboxylic acids is 1. The first kappa shape index (κ1) is 19.8. The van der Waals surface area contributed by atoms with Gasteiger partial charge in [-0.3, -0.25) is 14.2 Å². The van der Waals surface area contributed by atoms with Gasteiger partial charge in [0.25, 0.3) is 11.5 Å². The molecule has 1 heterocycles. The van der Waals surface area contributed by atoms with Crippen molar-refractivity contribution in [3.63, 3.8) is 0 Å². The maximum atomic E-state index is 12.7. The Balaban J connectivity index is 1.80. The molecule has 0 saturated heterocycles. The van der Waals surface area contributed by atoms with Crippen LogP contribution in [0.25, 0.3) is 10.9 Å². The molecule has 1 amide bonds. The number of benzene rings is 1. The molecule has 1 aromatic heterocycles. The molecule has 1 aliphatic rings. The summed E-state index contributed by atoms with van der Waals surface area (Å²) in [6.45, 7) is 3.32. The zero-order valence-electron chi connectivity index (χ0n) is 15.9. The Morgan fingerprint density at radius 3 is 2.78 bits per heavy atom. The maximum Gasteiger partial charge on any atom is 0.262 e. The van der Waals surface area contributed by atoms with Crippen molar-refractivity contribution in [2.75, 3.05) is 13.7 Å². The molecule has 7 heteroatoms. The normalized spacial score (nSPS) is 19.9. The van der Waals surface area contributed by atoms with E-state index in [0.29, 0.717) is 40.8 Å². The van der Waals surface area contributed by atoms with Gasteiger partial charge < -0.3 is 15.0 Å². The first-order valence-electron chi connectivity index (χ1n) is 9.56. The summed E-state index contributed by atoms with van der Waals surface area (Å²) in [4.78, 5) is 28.4. The topological polar surface area (TPSA) is 76.1 Å². The number of nitrogens with one attached hydrogen (secondary N) is 2. The van der Waals surface area contributed by atoms with Crippen molar-refractivity contribution in [1.29, 1.82) is 0 Å². The summed E-state index contributed by atoms with van der Waals surface area (Å²) >= 11 is 5.33. The maximum absolute atomic E-state index is 12.7. The second-order valence-corrected chi connectivity index (χ2v) is 7.81. The van der Waals surface area contributed by atoms with Crippen LogP contribution in [0.2, 0.25) is 0 Å². The molecule has 27 heavy (non-hydrogen) atoms. The minimum Gasteiger partial charge on any atom is -0.385 e. The second-order valence-electron chi connectivity index (χ2n) is 7.42. The minimum absolute atomic E-state index is 0.0972. The number of rotatable bonds is 6. The number of ether oxygens (including phenoxy) is 1. The SMILES string of the molecule is COCCCn1c(=S)[nH]c2cc(C(=O)NC3CCC(C)CC3)ccc2c1=O. The molecule has 2 N–H and O–H groups in total. The van der Waals surface area contributed by atoms with Gasteiger partial charge in [0.05, 0.1) is 10.9 Å². The zero-order valence-corrected chi connectivity index (χ0v) is 16.7. The lowest BCUT2D eigenvalue weighted by atomic mass is 9.87. The minimum atomic E-state index is -0.141. The third-order valence-corrected chi connectivity index (χ3v) is 5.65. The van der Waals surface area contributed by atoms with Gasteiger partial charge in [-0.05, 0) is 68.4 Å². The molecular weight excluding hydrogens is 362 g/mol. The third-order valence-electron chi connectivity index (χ3n) is 5.33. The van der Waals surface area contributed by atoms with Gasteiger partial charge in [-0.15, -0.1) is 0 Å². The fraction of sp³-hybridized carbons (Fsp3) is 0.550. The van der Waals surface area contributed by atoms with E-state index in [4.69, 9.17) is 17.0 Å². The van der Waals surface area contributed by atoms with Crippen molar-refractivity contribution in [2.24, 2.45) is 5.92 Å². The van der Waals surface area contributed by atoms with Crippen LogP contribution in [0.5, 0.6) is 0 Å². The van der Waals surface area contributed by atoms with Gasteiger partial charge in [-0.25, -0.2) is 0 Å². The predicted octanol–water partition coefficient (Wildman–Crippen LogP) is 3.40. The molecule has 1 aromatic carbocycles. The van der Waals surface area contributed by atoms with E-state index in [1.807, 2.05) is 0 Å². The Kier molecular flexibility index (Phi) is 6.44. The van der Waals surface area contributed by atoms with Crippen LogP contribution >= 0.6 is 12.2 Å². The zero-order chi connectivity index (χ0) is 19.4. The monoisotopic (exact) mass is 389 g/mol. The quantitative estimate of drug-likeness (QED) is 0.586. The first-order chi connectivity index (χ1) is 13.0. The predicted molar refractivity (Wildman–Crippen MR) is 109 cm³/mol. The molecule has 0 atom stereocenters. The Morgan fingerprint density at radius 1 is 1.33 bits per heavy atom. The van der Waals surface area contributed by atoms with Crippen LogP contribution < -0.4 is 10.9 Å². The Bertz CT molecular complexity index is 926. The number of methoxy groups -OCH3 is 1. The van der Waals surface area contributed by atoms with E-state index in [0.717, 1.165) is 31.6 Å². The molecule has 6 nitrogen and oxygen atoms in total. The van der Waals surface area contributed by atoms with Gasteiger partial charge in [0.2, 0.25) is 0 Å². The van der Waals surface area contributed by atoms with E-state index in [-0.39, 0.29) is 17.5 Å². The van der Waals surface area contributed by atoms with Crippen LogP contribution in [0.1, 0.15) is 49.4 Å². The summed E-state index contributed by atoms with van der Waals surface area (Å²) in [7, 11) is 1.63. The number of fused-ring (bicyclic) bond motifs is 1. The van der Waals surface area contributed by atoms with Gasteiger partial charge >= 0.3 is 0 Å². The lowest BCUT2D eigenvalue weighted by Gasteiger charge is -2.26. The van der Waals surface area contributed by atoms with Crippen molar-refractivity contribution in [3.8, 4) is 0 Å². The standard InChI is InChI=1S/C20H27N3O3S/c1-13-4-7-15(8-5-13)21-18(24)14-6-9-16-17(12-14)22-20(27)23(19(16)25)10-3-11-26-2/h6,9,12-13,15H,3-5,7-8,10-11H2,1-2H3,(H,21,24)(H,22,27). The Morgan fingerprint density at radius 2 is 2.07 bits per heavy atom. The lowest BCUT2D eigenvalue weighted by molar-refractivity contribution is 0.0923. The van der Waals surface area contributed by atoms with Gasteiger partial charge in [-0.2, -0.15) is 0 Å². The molecule has 0 unspecified atom stereocenters. The van der Waals surface area contributed by atoms with Crippen molar-refractivity contribution in [2.45, 2.75) is 51.6 Å². The van der Waals surface area contributed by atoms with Crippen LogP contribution in [0.15, 0.2) is 23.0 Å². The number of H-pyrrole nitrogens is 1. The summed E-state index contributed by atoms with van der Waals surface area (Å²) in [5, 5.41) is 3.65. The molecule has 0 bridgehead atoms. The average Bonchev–Trinajstić information content (AvgIpc) is 2.66. The van der Waals surface area contributed by atoms with Crippen LogP contribution in [0.4, 0.5) is 0 Å². The molecule has 0 spiro atoms. The number of nitrogens with zero attached hydrogens (tertiary/aromatic N) is 1. The number of aromatic amines is 1. The van der Waals surface area contributed by atoms with Crippen molar-refractivity contribution in [3.05, 3.63) is 38.9 Å². The highest BCUT2D eigenvalue weighted by Crippen LogP contribution is 2.23. The van der Waals surface area contributed by atoms with Crippen molar-refractivity contribution < 1.29 is 9.53 Å². The van der Waals surface area contributed by atoms with Crippen LogP contribution in [-0.4, -0.2) is 35.2 Å². The summed E-state index contributed by atoms with van der Waals surface area (Å²) in [5.74, 6) is 0.644. The number of hydrogen-bond acceptors (Lipinski definition) is 4. The first-order valence-corrected chi connectivity index (χ1v) is 9.97. The number of hydrogen-bond donors (Lipinski definition) is 2. The third kappa shape index (κ3) is 4.65. The molecular formula is C20H27N3O3S. The lowest BCUT2D eigenvalue weighted by Crippen LogP contribution is -2.37. The molecule has 3 rings (SSSR count). The highest BCUT2D eigenvalue weighted by atomic mass is 32.1. The van der Waals surface area contributed by atoms with E-state index in [1.165, 1.54) is 0 Å². The average molecular weight is 390 g/mol. The van der Waals surface area contributed by atoms with E-state index in [9.17, 15) is 9.59 Å². The summed E-state index contributed by atoms with van der Waals surface area (Å²) in [6.07, 6.45) is 5.06. The van der Waals surface area contributed by atoms with E-state index in [1.54, 1.807) is 29.9 Å². The van der Waals surface area contributed by atoms with E-state index in [2.05, 4.69) is 17.2 Å². The molecule has 1 saturated carbocycles. The van der Waals surface area contributed by atoms with E-state index >= 15 is 0 Å². The molecule has 2 aromatic rings. The highest BCUT2D eigenvalue weighted by molar-refractivity contribution is 7.71. The van der Waals surface area contributed by atoms with Gasteiger partial charge in [0.1, 0.15) is 0 Å². The van der Waals surface area contributed by atoms with Crippen LogP contribution in [-0.2, 0) is 11.3 Å². The van der Waals surface area contributed by atoms with Gasteiger partial charge in [0, 0.05) is 31.9 Å². The van der Waals surface area contributed by atoms with Gasteiger partial charge in [-0.1, -0.05) is 6.92 Å². The fourth-order valence-electron chi connectivity index (χ4n) is 3.64. The summed E-state index contributed by atoms with van der Waals surface area (Å²) in [6, 6.07) is 5.36. The van der Waals surface area contributed by atoms with Crippen LogP contribution in [0, 0.1) is 10.7 Å². The summed E-state index contributed by atoms with van der Waals surface area (Å²) < 4.78 is 6.94. The van der Waals surface area contributed by atoms with Crippen molar-refractivity contribution >= 4 is 29.0 Å². The fourth-order valence-corrected chi connectivity index (χ4v) is 3.92. The smallest absolute Gasteiger partial charge is 0.262 e. The molecule has 0 radical (unpaired) electrons. The second kappa shape index (κ2) is 8.80.